The first-order valence-corrected chi connectivity index (χ1v) is 6.91. The van der Waals surface area contributed by atoms with Gasteiger partial charge in [-0.15, -0.1) is 0 Å². The lowest BCUT2D eigenvalue weighted by molar-refractivity contribution is 0.182. The molecule has 19 heavy (non-hydrogen) atoms. The van der Waals surface area contributed by atoms with Crippen molar-refractivity contribution in [3.05, 3.63) is 30.1 Å². The highest BCUT2D eigenvalue weighted by Gasteiger charge is 2.15. The lowest BCUT2D eigenvalue weighted by Gasteiger charge is -2.26. The van der Waals surface area contributed by atoms with Crippen LogP contribution >= 0.6 is 0 Å². The molecule has 1 heterocycles. The van der Waals surface area contributed by atoms with E-state index in [2.05, 4.69) is 38.0 Å². The topological polar surface area (TPSA) is 45.2 Å². The van der Waals surface area contributed by atoms with Gasteiger partial charge in [0.25, 0.3) is 0 Å². The van der Waals surface area contributed by atoms with Gasteiger partial charge in [-0.3, -0.25) is 4.98 Å². The van der Waals surface area contributed by atoms with Crippen molar-refractivity contribution in [1.29, 1.82) is 0 Å². The fraction of sp³-hybridized carbons (Fsp3) is 0.600. The Kier molecular flexibility index (Phi) is 6.33. The van der Waals surface area contributed by atoms with Gasteiger partial charge in [-0.05, 0) is 24.0 Å². The second-order valence-corrected chi connectivity index (χ2v) is 5.67. The van der Waals surface area contributed by atoms with Gasteiger partial charge in [0.05, 0.1) is 12.2 Å². The number of pyridine rings is 1. The molecule has 0 radical (unpaired) electrons. The molecule has 0 bridgehead atoms. The van der Waals surface area contributed by atoms with Crippen molar-refractivity contribution in [3.63, 3.8) is 0 Å². The average Bonchev–Trinajstić information content (AvgIpc) is 2.35. The van der Waals surface area contributed by atoms with Crippen molar-refractivity contribution in [2.24, 2.45) is 11.8 Å². The van der Waals surface area contributed by atoms with Gasteiger partial charge in [0.2, 0.25) is 0 Å². The Bertz CT molecular complexity index is 366. The third-order valence-electron chi connectivity index (χ3n) is 2.61. The summed E-state index contributed by atoms with van der Waals surface area (Å²) in [5.41, 5.74) is 0.880. The maximum atomic E-state index is 12.2. The van der Waals surface area contributed by atoms with Gasteiger partial charge in [0.1, 0.15) is 0 Å². The average molecular weight is 263 g/mol. The molecule has 1 aromatic rings. The summed E-state index contributed by atoms with van der Waals surface area (Å²) in [7, 11) is 0. The van der Waals surface area contributed by atoms with Gasteiger partial charge in [-0.25, -0.2) is 4.79 Å². The first-order valence-electron chi connectivity index (χ1n) is 6.91. The van der Waals surface area contributed by atoms with E-state index in [1.165, 1.54) is 0 Å². The lowest BCUT2D eigenvalue weighted by atomic mass is 10.1. The van der Waals surface area contributed by atoms with E-state index in [-0.39, 0.29) is 6.03 Å². The first-order chi connectivity index (χ1) is 8.99. The maximum Gasteiger partial charge on any atom is 0.317 e. The van der Waals surface area contributed by atoms with Crippen LogP contribution in [0.15, 0.2) is 24.4 Å². The molecule has 1 rings (SSSR count). The number of hydrogen-bond donors (Lipinski definition) is 1. The molecule has 0 aliphatic heterocycles. The number of aromatic nitrogens is 1. The molecule has 0 aromatic carbocycles. The summed E-state index contributed by atoms with van der Waals surface area (Å²) in [6.45, 7) is 10.5. The molecule has 0 aliphatic carbocycles. The van der Waals surface area contributed by atoms with Gasteiger partial charge in [0.15, 0.2) is 0 Å². The SMILES string of the molecule is CC(C)CN(CC(C)C)C(=O)NCc1ccccn1. The summed E-state index contributed by atoms with van der Waals surface area (Å²) >= 11 is 0. The van der Waals surface area contributed by atoms with E-state index in [1.807, 2.05) is 23.1 Å². The smallest absolute Gasteiger partial charge is 0.317 e. The van der Waals surface area contributed by atoms with Crippen molar-refractivity contribution in [2.75, 3.05) is 13.1 Å². The van der Waals surface area contributed by atoms with Gasteiger partial charge >= 0.3 is 6.03 Å². The highest BCUT2D eigenvalue weighted by atomic mass is 16.2. The van der Waals surface area contributed by atoms with Crippen molar-refractivity contribution in [1.82, 2.24) is 15.2 Å². The van der Waals surface area contributed by atoms with Crippen molar-refractivity contribution < 1.29 is 4.79 Å². The molecule has 0 saturated carbocycles. The zero-order valence-electron chi connectivity index (χ0n) is 12.4. The summed E-state index contributed by atoms with van der Waals surface area (Å²) in [5, 5.41) is 2.93. The minimum atomic E-state index is -0.00643. The second-order valence-electron chi connectivity index (χ2n) is 5.67. The predicted molar refractivity (Wildman–Crippen MR) is 77.7 cm³/mol. The predicted octanol–water partition coefficient (Wildman–Crippen LogP) is 2.91. The maximum absolute atomic E-state index is 12.2. The Balaban J connectivity index is 2.51. The molecule has 2 amide bonds. The lowest BCUT2D eigenvalue weighted by Crippen LogP contribution is -2.43. The van der Waals surface area contributed by atoms with Crippen molar-refractivity contribution >= 4 is 6.03 Å². The number of carbonyl (C=O) groups is 1. The van der Waals surface area contributed by atoms with Gasteiger partial charge in [0, 0.05) is 19.3 Å². The van der Waals surface area contributed by atoms with E-state index in [4.69, 9.17) is 0 Å². The summed E-state index contributed by atoms with van der Waals surface area (Å²) in [6.07, 6.45) is 1.74. The quantitative estimate of drug-likeness (QED) is 0.857. The molecule has 4 nitrogen and oxygen atoms in total. The van der Waals surface area contributed by atoms with Crippen molar-refractivity contribution in [3.8, 4) is 0 Å². The molecule has 0 saturated heterocycles. The summed E-state index contributed by atoms with van der Waals surface area (Å²) in [5.74, 6) is 0.943. The Morgan fingerprint density at radius 3 is 2.32 bits per heavy atom. The molecule has 1 aromatic heterocycles. The zero-order valence-corrected chi connectivity index (χ0v) is 12.4. The summed E-state index contributed by atoms with van der Waals surface area (Å²) in [6, 6.07) is 5.70. The standard InChI is InChI=1S/C15H25N3O/c1-12(2)10-18(11-13(3)4)15(19)17-9-14-7-5-6-8-16-14/h5-8,12-13H,9-11H2,1-4H3,(H,17,19). The van der Waals surface area contributed by atoms with Crippen LogP contribution < -0.4 is 5.32 Å². The Hall–Kier alpha value is -1.58. The molecular weight excluding hydrogens is 238 g/mol. The minimum Gasteiger partial charge on any atom is -0.332 e. The Morgan fingerprint density at radius 2 is 1.84 bits per heavy atom. The van der Waals surface area contributed by atoms with Gasteiger partial charge in [-0.1, -0.05) is 33.8 Å². The highest BCUT2D eigenvalue weighted by Crippen LogP contribution is 2.04. The number of hydrogen-bond acceptors (Lipinski definition) is 2. The van der Waals surface area contributed by atoms with Crippen LogP contribution in [0.1, 0.15) is 33.4 Å². The van der Waals surface area contributed by atoms with Crippen LogP contribution in [0.5, 0.6) is 0 Å². The fourth-order valence-electron chi connectivity index (χ4n) is 1.90. The number of nitrogens with one attached hydrogen (secondary N) is 1. The van der Waals surface area contributed by atoms with Gasteiger partial charge < -0.3 is 10.2 Å². The molecule has 0 fully saturated rings. The number of carbonyl (C=O) groups excluding carboxylic acids is 1. The molecule has 1 N–H and O–H groups in total. The number of amides is 2. The van der Waals surface area contributed by atoms with Crippen molar-refractivity contribution in [2.45, 2.75) is 34.2 Å². The molecular formula is C15H25N3O. The van der Waals surface area contributed by atoms with Crippen LogP contribution in [-0.2, 0) is 6.54 Å². The largest absolute Gasteiger partial charge is 0.332 e. The summed E-state index contributed by atoms with van der Waals surface area (Å²) in [4.78, 5) is 18.3. The molecule has 0 unspecified atom stereocenters. The summed E-state index contributed by atoms with van der Waals surface area (Å²) < 4.78 is 0. The van der Waals surface area contributed by atoms with Crippen LogP contribution in [-0.4, -0.2) is 29.0 Å². The number of urea groups is 1. The molecule has 0 aliphatic rings. The Labute approximate surface area is 116 Å². The second kappa shape index (κ2) is 7.77. The first kappa shape index (κ1) is 15.5. The van der Waals surface area contributed by atoms with E-state index in [0.29, 0.717) is 18.4 Å². The molecule has 0 atom stereocenters. The van der Waals surface area contributed by atoms with E-state index in [0.717, 1.165) is 18.8 Å². The zero-order chi connectivity index (χ0) is 14.3. The fourth-order valence-corrected chi connectivity index (χ4v) is 1.90. The Morgan fingerprint density at radius 1 is 1.21 bits per heavy atom. The van der Waals surface area contributed by atoms with E-state index in [1.54, 1.807) is 6.20 Å². The number of nitrogens with zero attached hydrogens (tertiary/aromatic N) is 2. The third-order valence-corrected chi connectivity index (χ3v) is 2.61. The van der Waals surface area contributed by atoms with E-state index >= 15 is 0 Å². The van der Waals surface area contributed by atoms with Crippen LogP contribution in [0.3, 0.4) is 0 Å². The highest BCUT2D eigenvalue weighted by molar-refractivity contribution is 5.74. The molecule has 0 spiro atoms. The van der Waals surface area contributed by atoms with E-state index in [9.17, 15) is 4.79 Å². The third kappa shape index (κ3) is 6.22. The van der Waals surface area contributed by atoms with Crippen LogP contribution in [0.4, 0.5) is 4.79 Å². The molecule has 106 valence electrons. The normalized spacial score (nSPS) is 10.8. The number of rotatable bonds is 6. The van der Waals surface area contributed by atoms with Crippen LogP contribution in [0, 0.1) is 11.8 Å². The van der Waals surface area contributed by atoms with Crippen LogP contribution in [0.2, 0.25) is 0 Å². The van der Waals surface area contributed by atoms with E-state index < -0.39 is 0 Å². The monoisotopic (exact) mass is 263 g/mol. The minimum absolute atomic E-state index is 0.00643. The van der Waals surface area contributed by atoms with Crippen LogP contribution in [0.25, 0.3) is 0 Å². The van der Waals surface area contributed by atoms with Gasteiger partial charge in [-0.2, -0.15) is 0 Å². The molecule has 4 heteroatoms.